The summed E-state index contributed by atoms with van der Waals surface area (Å²) in [6.45, 7) is 4.74. The summed E-state index contributed by atoms with van der Waals surface area (Å²) < 4.78 is 5.25. The van der Waals surface area contributed by atoms with Crippen LogP contribution < -0.4 is 10.9 Å². The minimum Gasteiger partial charge on any atom is -0.465 e. The van der Waals surface area contributed by atoms with Crippen molar-refractivity contribution >= 4 is 12.0 Å². The number of carbonyl (C=O) groups excluding carboxylic acids is 1. The second kappa shape index (κ2) is 11.9. The molecule has 0 radical (unpaired) electrons. The van der Waals surface area contributed by atoms with E-state index in [0.717, 1.165) is 85.6 Å². The number of nitrogens with one attached hydrogen (secondary N) is 1. The van der Waals surface area contributed by atoms with Crippen molar-refractivity contribution in [2.24, 2.45) is 28.6 Å². The first-order valence-corrected chi connectivity index (χ1v) is 18.3. The van der Waals surface area contributed by atoms with E-state index < -0.39 is 11.7 Å². The van der Waals surface area contributed by atoms with Crippen LogP contribution in [0.15, 0.2) is 76.1 Å². The van der Waals surface area contributed by atoms with E-state index >= 15 is 0 Å². The van der Waals surface area contributed by atoms with E-state index in [2.05, 4.69) is 43.4 Å². The lowest BCUT2D eigenvalue weighted by Crippen LogP contribution is -2.62. The van der Waals surface area contributed by atoms with Crippen molar-refractivity contribution < 1.29 is 24.2 Å². The Hall–Kier alpha value is -3.91. The van der Waals surface area contributed by atoms with Crippen molar-refractivity contribution in [3.05, 3.63) is 94.0 Å². The fourth-order valence-corrected chi connectivity index (χ4v) is 11.8. The highest BCUT2D eigenvalue weighted by Gasteiger charge is 2.67. The van der Waals surface area contributed by atoms with E-state index in [-0.39, 0.29) is 59.2 Å². The molecule has 8 atom stereocenters. The molecule has 3 N–H and O–H groups in total. The number of benzene rings is 2. The van der Waals surface area contributed by atoms with Gasteiger partial charge >= 0.3 is 11.7 Å². The van der Waals surface area contributed by atoms with Crippen LogP contribution in [0, 0.1) is 28.6 Å². The maximum Gasteiger partial charge on any atom is 0.407 e. The monoisotopic (exact) mass is 664 g/mol. The van der Waals surface area contributed by atoms with Gasteiger partial charge in [0, 0.05) is 30.0 Å². The van der Waals surface area contributed by atoms with Gasteiger partial charge in [-0.3, -0.25) is 9.69 Å². The second-order valence-corrected chi connectivity index (χ2v) is 16.3. The summed E-state index contributed by atoms with van der Waals surface area (Å²) in [5.41, 5.74) is 4.22. The third-order valence-electron chi connectivity index (χ3n) is 14.3. The molecule has 0 unspecified atom stereocenters. The van der Waals surface area contributed by atoms with Crippen LogP contribution in [-0.4, -0.2) is 51.8 Å². The number of hydrogen-bond acceptors (Lipinski definition) is 5. The highest BCUT2D eigenvalue weighted by atomic mass is 16.4. The standard InChI is InChI=1S/C41H48N2O6/c1-39-18-15-27(42-36(44)23-43(38(46)47)22-32-30-9-5-3-7-28(30)29-8-4-6-10-31(29)32)21-26(39)12-13-35-34(39)16-19-40(2)33(17-20-41(35,40)48)25-11-14-37(45)49-24-25/h3-11,14,24,26-27,32-35,48H,12-13,15-23H2,1-2H3,(H,42,44)(H,46,47)/t26-,27-,33-,34+,35-,39+,40-,41+/m1/s1. The fraction of sp³-hybridized carbons (Fsp3) is 0.537. The molecule has 3 aromatic rings. The lowest BCUT2D eigenvalue weighted by molar-refractivity contribution is -0.202. The summed E-state index contributed by atoms with van der Waals surface area (Å²) in [6.07, 6.45) is 8.94. The Morgan fingerprint density at radius 1 is 0.878 bits per heavy atom. The number of rotatable bonds is 6. The topological polar surface area (TPSA) is 120 Å². The van der Waals surface area contributed by atoms with Gasteiger partial charge in [-0.05, 0) is 121 Å². The third kappa shape index (κ3) is 5.07. The highest BCUT2D eigenvalue weighted by Crippen LogP contribution is 2.70. The van der Waals surface area contributed by atoms with Crippen LogP contribution >= 0.6 is 0 Å². The predicted molar refractivity (Wildman–Crippen MR) is 186 cm³/mol. The lowest BCUT2D eigenvalue weighted by Gasteiger charge is -2.63. The number of nitrogens with zero attached hydrogens (tertiary/aromatic N) is 1. The van der Waals surface area contributed by atoms with Crippen molar-refractivity contribution in [1.29, 1.82) is 0 Å². The van der Waals surface area contributed by atoms with Crippen molar-refractivity contribution in [2.75, 3.05) is 13.1 Å². The van der Waals surface area contributed by atoms with Crippen molar-refractivity contribution in [2.45, 2.75) is 95.1 Å². The van der Waals surface area contributed by atoms with Crippen LogP contribution in [0.4, 0.5) is 4.79 Å². The average Bonchev–Trinajstić information content (AvgIpc) is 3.56. The number of hydrogen-bond donors (Lipinski definition) is 3. The highest BCUT2D eigenvalue weighted by molar-refractivity contribution is 5.83. The van der Waals surface area contributed by atoms with E-state index in [4.69, 9.17) is 4.42 Å². The number of fused-ring (bicyclic) bond motifs is 8. The summed E-state index contributed by atoms with van der Waals surface area (Å²) >= 11 is 0. The first-order valence-electron chi connectivity index (χ1n) is 18.3. The minimum absolute atomic E-state index is 0.0197. The molecule has 49 heavy (non-hydrogen) atoms. The Morgan fingerprint density at radius 3 is 2.27 bits per heavy atom. The molecule has 8 nitrogen and oxygen atoms in total. The van der Waals surface area contributed by atoms with Crippen LogP contribution in [0.25, 0.3) is 11.1 Å². The predicted octanol–water partition coefficient (Wildman–Crippen LogP) is 7.16. The minimum atomic E-state index is -1.08. The Balaban J connectivity index is 0.924. The largest absolute Gasteiger partial charge is 0.465 e. The van der Waals surface area contributed by atoms with E-state index in [9.17, 15) is 24.6 Å². The maximum absolute atomic E-state index is 13.5. The van der Waals surface area contributed by atoms with Crippen LogP contribution in [0.1, 0.15) is 100 Å². The molecular formula is C41H48N2O6. The zero-order chi connectivity index (χ0) is 34.1. The van der Waals surface area contributed by atoms with Crippen LogP contribution in [0.3, 0.4) is 0 Å². The summed E-state index contributed by atoms with van der Waals surface area (Å²) in [6, 6.07) is 19.7. The zero-order valence-electron chi connectivity index (χ0n) is 28.6. The molecule has 0 bridgehead atoms. The van der Waals surface area contributed by atoms with Crippen LogP contribution in [-0.2, 0) is 4.79 Å². The molecule has 2 aromatic carbocycles. The maximum atomic E-state index is 13.5. The molecule has 5 aliphatic carbocycles. The Labute approximate surface area is 287 Å². The Kier molecular flexibility index (Phi) is 7.82. The van der Waals surface area contributed by atoms with E-state index in [1.807, 2.05) is 30.3 Å². The van der Waals surface area contributed by atoms with E-state index in [1.54, 1.807) is 6.26 Å². The van der Waals surface area contributed by atoms with Gasteiger partial charge in [-0.25, -0.2) is 9.59 Å². The van der Waals surface area contributed by atoms with Gasteiger partial charge in [-0.2, -0.15) is 0 Å². The number of carbonyl (C=O) groups is 2. The van der Waals surface area contributed by atoms with Crippen molar-refractivity contribution in [1.82, 2.24) is 10.2 Å². The number of carboxylic acid groups (broad SMARTS) is 1. The van der Waals surface area contributed by atoms with Gasteiger partial charge in [0.15, 0.2) is 0 Å². The van der Waals surface area contributed by atoms with Gasteiger partial charge in [-0.15, -0.1) is 0 Å². The lowest BCUT2D eigenvalue weighted by atomic mass is 9.43. The molecule has 0 aliphatic heterocycles. The van der Waals surface area contributed by atoms with Crippen molar-refractivity contribution in [3.8, 4) is 11.1 Å². The van der Waals surface area contributed by atoms with Crippen molar-refractivity contribution in [3.63, 3.8) is 0 Å². The van der Waals surface area contributed by atoms with Gasteiger partial charge in [0.25, 0.3) is 0 Å². The Morgan fingerprint density at radius 2 is 1.59 bits per heavy atom. The van der Waals surface area contributed by atoms with Crippen LogP contribution in [0.5, 0.6) is 0 Å². The normalized spacial score (nSPS) is 34.6. The molecule has 4 fully saturated rings. The third-order valence-corrected chi connectivity index (χ3v) is 14.3. The van der Waals surface area contributed by atoms with Gasteiger partial charge in [0.05, 0.1) is 11.9 Å². The molecule has 258 valence electrons. The molecule has 2 amide bonds. The second-order valence-electron chi connectivity index (χ2n) is 16.3. The molecule has 1 aromatic heterocycles. The van der Waals surface area contributed by atoms with Gasteiger partial charge in [0.1, 0.15) is 6.54 Å². The van der Waals surface area contributed by atoms with Gasteiger partial charge in [0.2, 0.25) is 5.91 Å². The summed E-state index contributed by atoms with van der Waals surface area (Å²) in [5.74, 6) is 0.923. The number of aliphatic hydroxyl groups is 1. The molecule has 0 spiro atoms. The number of amides is 2. The smallest absolute Gasteiger partial charge is 0.407 e. The van der Waals surface area contributed by atoms with Gasteiger partial charge in [-0.1, -0.05) is 62.4 Å². The molecule has 8 heteroatoms. The summed E-state index contributed by atoms with van der Waals surface area (Å²) in [5, 5.41) is 26.0. The quantitative estimate of drug-likeness (QED) is 0.257. The molecular weight excluding hydrogens is 616 g/mol. The van der Waals surface area contributed by atoms with Crippen LogP contribution in [0.2, 0.25) is 0 Å². The Bertz CT molecular complexity index is 1770. The summed E-state index contributed by atoms with van der Waals surface area (Å²) in [4.78, 5) is 38.8. The van der Waals surface area contributed by atoms with E-state index in [1.165, 1.54) is 11.0 Å². The molecule has 8 rings (SSSR count). The average molecular weight is 665 g/mol. The SMILES string of the molecule is C[C@]12CC[C@@H](NC(=O)CN(CC3c4ccccc4-c4ccccc43)C(=O)O)C[C@H]1CC[C@@H]1[C@@H]2CC[C@]2(C)[C@@H](c3ccc(=O)oc3)CC[C@]12O. The van der Waals surface area contributed by atoms with E-state index in [0.29, 0.717) is 11.8 Å². The first-order chi connectivity index (χ1) is 23.5. The molecule has 4 saturated carbocycles. The molecule has 0 saturated heterocycles. The summed E-state index contributed by atoms with van der Waals surface area (Å²) in [7, 11) is 0. The fourth-order valence-electron chi connectivity index (χ4n) is 11.8. The van der Waals surface area contributed by atoms with Gasteiger partial charge < -0.3 is 19.9 Å². The zero-order valence-corrected chi connectivity index (χ0v) is 28.6. The molecule has 1 heterocycles. The molecule has 5 aliphatic rings. The first kappa shape index (κ1) is 32.3.